The summed E-state index contributed by atoms with van der Waals surface area (Å²) >= 11 is 0. The molecule has 3 aliphatic heterocycles. The Balaban J connectivity index is 0.936. The van der Waals surface area contributed by atoms with Crippen molar-refractivity contribution in [3.05, 3.63) is 108 Å². The Kier molecular flexibility index (Phi) is 9.98. The molecule has 3 aliphatic rings. The minimum Gasteiger partial charge on any atom is -0.340 e. The number of likely N-dealkylation sites (N-methyl/N-ethyl adjacent to an activating group) is 1. The highest BCUT2D eigenvalue weighted by atomic mass is 16.2. The fourth-order valence-electron chi connectivity index (χ4n) is 8.38. The maximum Gasteiger partial charge on any atom is 0.245 e. The Morgan fingerprint density at radius 2 is 1.11 bits per heavy atom. The molecule has 4 atom stereocenters. The first-order valence-corrected chi connectivity index (χ1v) is 19.2. The average molecular weight is 711 g/mol. The quantitative estimate of drug-likeness (QED) is 0.158. The van der Waals surface area contributed by atoms with Crippen molar-refractivity contribution in [3.8, 4) is 33.6 Å². The number of benzene rings is 3. The van der Waals surface area contributed by atoms with Crippen LogP contribution in [0.5, 0.6) is 0 Å². The zero-order chi connectivity index (χ0) is 36.5. The first-order chi connectivity index (χ1) is 25.9. The van der Waals surface area contributed by atoms with Crippen LogP contribution in [0.3, 0.4) is 0 Å². The first kappa shape index (κ1) is 35.0. The van der Waals surface area contributed by atoms with E-state index < -0.39 is 0 Å². The summed E-state index contributed by atoms with van der Waals surface area (Å²) in [5, 5.41) is 0. The van der Waals surface area contributed by atoms with Crippen LogP contribution in [0.15, 0.2) is 91.3 Å². The molecule has 0 spiro atoms. The van der Waals surface area contributed by atoms with Crippen LogP contribution in [0.25, 0.3) is 33.6 Å². The highest BCUT2D eigenvalue weighted by Gasteiger charge is 2.39. The summed E-state index contributed by atoms with van der Waals surface area (Å²) < 4.78 is 0. The summed E-state index contributed by atoms with van der Waals surface area (Å²) in [5.74, 6) is 2.04. The van der Waals surface area contributed by atoms with Crippen LogP contribution in [0, 0.1) is 0 Å². The predicted octanol–water partition coefficient (Wildman–Crippen LogP) is 7.25. The lowest BCUT2D eigenvalue weighted by atomic mass is 10.0. The second-order valence-electron chi connectivity index (χ2n) is 15.1. The molecule has 2 amide bonds. The van der Waals surface area contributed by atoms with E-state index in [1.54, 1.807) is 0 Å². The van der Waals surface area contributed by atoms with Crippen molar-refractivity contribution >= 4 is 11.8 Å². The minimum atomic E-state index is -0.246. The zero-order valence-electron chi connectivity index (χ0n) is 31.0. The van der Waals surface area contributed by atoms with Gasteiger partial charge in [-0.3, -0.25) is 19.4 Å². The van der Waals surface area contributed by atoms with Crippen molar-refractivity contribution in [1.29, 1.82) is 0 Å². The molecule has 0 bridgehead atoms. The molecule has 3 aromatic carbocycles. The Morgan fingerprint density at radius 3 is 1.60 bits per heavy atom. The summed E-state index contributed by atoms with van der Waals surface area (Å²) in [7, 11) is 3.88. The fourth-order valence-corrected chi connectivity index (χ4v) is 8.38. The van der Waals surface area contributed by atoms with Crippen LogP contribution >= 0.6 is 0 Å². The Bertz CT molecular complexity index is 2010. The molecular weight excluding hydrogens is 661 g/mol. The Hall–Kier alpha value is -5.06. The molecule has 3 fully saturated rings. The molecule has 2 aromatic heterocycles. The largest absolute Gasteiger partial charge is 0.340 e. The lowest BCUT2D eigenvalue weighted by Crippen LogP contribution is -2.44. The number of carbonyl (C=O) groups excluding carboxylic acids is 2. The molecule has 5 aromatic rings. The zero-order valence-corrected chi connectivity index (χ0v) is 31.0. The van der Waals surface area contributed by atoms with Gasteiger partial charge in [0, 0.05) is 13.1 Å². The number of aromatic amines is 2. The van der Waals surface area contributed by atoms with E-state index in [2.05, 4.69) is 80.4 Å². The van der Waals surface area contributed by atoms with Crippen molar-refractivity contribution < 1.29 is 9.59 Å². The number of hydrogen-bond acceptors (Lipinski definition) is 6. The van der Waals surface area contributed by atoms with Gasteiger partial charge in [-0.1, -0.05) is 78.9 Å². The number of imidazole rings is 2. The normalized spacial score (nSPS) is 20.4. The Labute approximate surface area is 312 Å². The summed E-state index contributed by atoms with van der Waals surface area (Å²) in [4.78, 5) is 52.3. The number of amides is 2. The van der Waals surface area contributed by atoms with Crippen molar-refractivity contribution in [2.24, 2.45) is 0 Å². The molecule has 3 saturated heterocycles. The number of carbonyl (C=O) groups is 2. The number of aromatic nitrogens is 4. The maximum absolute atomic E-state index is 14.2. The first-order valence-electron chi connectivity index (χ1n) is 19.2. The second kappa shape index (κ2) is 15.1. The van der Waals surface area contributed by atoms with Gasteiger partial charge in [0.1, 0.15) is 17.7 Å². The van der Waals surface area contributed by atoms with Crippen LogP contribution < -0.4 is 0 Å². The maximum atomic E-state index is 14.2. The number of H-pyrrole nitrogens is 2. The van der Waals surface area contributed by atoms with Crippen LogP contribution in [-0.4, -0.2) is 97.7 Å². The molecule has 0 aliphatic carbocycles. The highest BCUT2D eigenvalue weighted by Crippen LogP contribution is 2.37. The van der Waals surface area contributed by atoms with Crippen molar-refractivity contribution in [1.82, 2.24) is 39.5 Å². The molecule has 0 radical (unpaired) electrons. The summed E-state index contributed by atoms with van der Waals surface area (Å²) in [6.07, 6.45) is 9.83. The molecule has 274 valence electrons. The van der Waals surface area contributed by atoms with E-state index >= 15 is 0 Å². The SMILES string of the molecule is C[C@@H](C(=O)N1CCC[C@H]1c1ncc(-c2ccc(-c3ccc(-c4cnc([C@@H]5CCCN5C(=O)[C@@H](c5ccccc5)N5CCCC5)[nH]4)cc3)cc2)[nH]1)N(C)C. The third-order valence-corrected chi connectivity index (χ3v) is 11.6. The molecule has 53 heavy (non-hydrogen) atoms. The average Bonchev–Trinajstić information content (AvgIpc) is 4.04. The van der Waals surface area contributed by atoms with Crippen molar-refractivity contribution in [2.45, 2.75) is 69.6 Å². The summed E-state index contributed by atoms with van der Waals surface area (Å²) in [6.45, 7) is 5.39. The monoisotopic (exact) mass is 710 g/mol. The smallest absolute Gasteiger partial charge is 0.245 e. The summed E-state index contributed by atoms with van der Waals surface area (Å²) in [6, 6.07) is 26.8. The van der Waals surface area contributed by atoms with Crippen LogP contribution in [0.1, 0.15) is 80.8 Å². The summed E-state index contributed by atoms with van der Waals surface area (Å²) in [5.41, 5.74) is 7.35. The van der Waals surface area contributed by atoms with E-state index in [9.17, 15) is 9.59 Å². The fraction of sp³-hybridized carbons (Fsp3) is 0.395. The third kappa shape index (κ3) is 7.05. The van der Waals surface area contributed by atoms with E-state index in [-0.39, 0.29) is 36.0 Å². The van der Waals surface area contributed by atoms with Crippen molar-refractivity contribution in [2.75, 3.05) is 40.3 Å². The van der Waals surface area contributed by atoms with E-state index in [0.717, 1.165) is 116 Å². The van der Waals surface area contributed by atoms with Gasteiger partial charge in [-0.15, -0.1) is 0 Å². The molecule has 0 saturated carbocycles. The molecule has 10 nitrogen and oxygen atoms in total. The van der Waals surface area contributed by atoms with Gasteiger partial charge in [-0.05, 0) is 100 Å². The van der Waals surface area contributed by atoms with Gasteiger partial charge in [-0.25, -0.2) is 9.97 Å². The van der Waals surface area contributed by atoms with Gasteiger partial charge in [0.2, 0.25) is 11.8 Å². The predicted molar refractivity (Wildman–Crippen MR) is 208 cm³/mol. The van der Waals surface area contributed by atoms with E-state index in [1.807, 2.05) is 61.4 Å². The third-order valence-electron chi connectivity index (χ3n) is 11.6. The molecule has 8 rings (SSSR count). The van der Waals surface area contributed by atoms with E-state index in [4.69, 9.17) is 9.97 Å². The van der Waals surface area contributed by atoms with Gasteiger partial charge in [0.25, 0.3) is 0 Å². The number of likely N-dealkylation sites (tertiary alicyclic amines) is 3. The molecule has 0 unspecified atom stereocenters. The van der Waals surface area contributed by atoms with Crippen LogP contribution in [0.4, 0.5) is 0 Å². The number of nitrogens with one attached hydrogen (secondary N) is 2. The van der Waals surface area contributed by atoms with E-state index in [1.165, 1.54) is 0 Å². The number of nitrogens with zero attached hydrogens (tertiary/aromatic N) is 6. The van der Waals surface area contributed by atoms with Crippen molar-refractivity contribution in [3.63, 3.8) is 0 Å². The van der Waals surface area contributed by atoms with Gasteiger partial charge >= 0.3 is 0 Å². The molecular formula is C43H50N8O2. The number of hydrogen-bond donors (Lipinski definition) is 2. The van der Waals surface area contributed by atoms with Gasteiger partial charge in [0.05, 0.1) is 41.9 Å². The topological polar surface area (TPSA) is 104 Å². The minimum absolute atomic E-state index is 0.0197. The lowest BCUT2D eigenvalue weighted by Gasteiger charge is -2.33. The molecule has 5 heterocycles. The standard InChI is InChI=1S/C43H50N8O2/c1-29(48(2)3)42(52)50-25-9-13-37(50)40-44-27-35(46-40)32-19-15-30(16-20-32)31-17-21-33(22-18-31)36-28-45-41(47-36)38-14-10-26-51(38)43(53)39(49-23-7-8-24-49)34-11-5-4-6-12-34/h4-6,11-12,15-22,27-29,37-39H,7-10,13-14,23-26H2,1-3H3,(H,44,46)(H,45,47)/t29-,37-,38-,39+/m0/s1. The Morgan fingerprint density at radius 1 is 0.642 bits per heavy atom. The van der Waals surface area contributed by atoms with E-state index in [0.29, 0.717) is 0 Å². The lowest BCUT2D eigenvalue weighted by molar-refractivity contribution is -0.138. The molecule has 10 heteroatoms. The van der Waals surface area contributed by atoms with Gasteiger partial charge in [0.15, 0.2) is 0 Å². The second-order valence-corrected chi connectivity index (χ2v) is 15.1. The van der Waals surface area contributed by atoms with Gasteiger partial charge < -0.3 is 19.8 Å². The molecule has 2 N–H and O–H groups in total. The highest BCUT2D eigenvalue weighted by molar-refractivity contribution is 5.84. The van der Waals surface area contributed by atoms with Crippen LogP contribution in [0.2, 0.25) is 0 Å². The van der Waals surface area contributed by atoms with Crippen LogP contribution in [-0.2, 0) is 9.59 Å². The number of rotatable bonds is 10. The van der Waals surface area contributed by atoms with Gasteiger partial charge in [-0.2, -0.15) is 0 Å².